The molecule has 7 heteroatoms. The Labute approximate surface area is 188 Å². The fourth-order valence-corrected chi connectivity index (χ4v) is 5.11. The number of rotatable bonds is 2. The Hall–Kier alpha value is -2.51. The highest BCUT2D eigenvalue weighted by atomic mass is 79.9. The highest BCUT2D eigenvalue weighted by Crippen LogP contribution is 2.36. The fourth-order valence-electron chi connectivity index (χ4n) is 4.56. The molecule has 0 aromatic heterocycles. The molecule has 2 aromatic carbocycles. The average molecular weight is 482 g/mol. The van der Waals surface area contributed by atoms with Gasteiger partial charge in [-0.3, -0.25) is 19.8 Å². The number of hydrogen-bond acceptors (Lipinski definition) is 4. The van der Waals surface area contributed by atoms with Gasteiger partial charge in [0.1, 0.15) is 5.57 Å². The lowest BCUT2D eigenvalue weighted by Gasteiger charge is -2.37. The van der Waals surface area contributed by atoms with E-state index < -0.39 is 11.8 Å². The fraction of sp³-hybridized carbons (Fsp3) is 0.261. The lowest BCUT2D eigenvalue weighted by atomic mass is 9.89. The van der Waals surface area contributed by atoms with Crippen molar-refractivity contribution in [2.45, 2.75) is 25.7 Å². The van der Waals surface area contributed by atoms with Gasteiger partial charge >= 0.3 is 0 Å². The van der Waals surface area contributed by atoms with Crippen LogP contribution < -0.4 is 15.1 Å². The van der Waals surface area contributed by atoms with Crippen LogP contribution in [0.25, 0.3) is 6.08 Å². The smallest absolute Gasteiger partial charge is 0.270 e. The first kappa shape index (κ1) is 19.5. The highest BCUT2D eigenvalue weighted by molar-refractivity contribution is 9.10. The number of carbonyl (C=O) groups is 2. The van der Waals surface area contributed by atoms with Crippen LogP contribution in [-0.4, -0.2) is 30.0 Å². The van der Waals surface area contributed by atoms with Crippen LogP contribution >= 0.6 is 28.1 Å². The number of hydrogen-bond donors (Lipinski definition) is 1. The molecule has 2 amide bonds. The molecule has 0 spiro atoms. The molecule has 0 bridgehead atoms. The minimum absolute atomic E-state index is 0.0978. The first-order valence-corrected chi connectivity index (χ1v) is 11.3. The number of carbonyl (C=O) groups excluding carboxylic acids is 2. The van der Waals surface area contributed by atoms with Crippen LogP contribution in [0.2, 0.25) is 0 Å². The zero-order chi connectivity index (χ0) is 20.8. The summed E-state index contributed by atoms with van der Waals surface area (Å²) in [5.41, 5.74) is 5.61. The van der Waals surface area contributed by atoms with E-state index in [1.807, 2.05) is 12.1 Å². The third-order valence-corrected chi connectivity index (χ3v) is 6.67. The molecule has 0 unspecified atom stereocenters. The van der Waals surface area contributed by atoms with Gasteiger partial charge in [0.05, 0.1) is 5.69 Å². The second-order valence-electron chi connectivity index (χ2n) is 7.82. The largest absolute Gasteiger partial charge is 0.371 e. The Morgan fingerprint density at radius 1 is 1.00 bits per heavy atom. The molecule has 5 nitrogen and oxygen atoms in total. The summed E-state index contributed by atoms with van der Waals surface area (Å²) in [6.07, 6.45) is 6.04. The monoisotopic (exact) mass is 481 g/mol. The van der Waals surface area contributed by atoms with Gasteiger partial charge in [0, 0.05) is 23.2 Å². The van der Waals surface area contributed by atoms with E-state index in [0.29, 0.717) is 5.69 Å². The number of nitrogens with one attached hydrogen (secondary N) is 1. The minimum atomic E-state index is -0.452. The SMILES string of the molecule is O=C1NC(=S)N(c2ccc(Br)cc2)C(=O)/C1=C/c1cc2c3c(c1)CCCN3CCC2. The molecule has 0 aliphatic carbocycles. The molecular weight excluding hydrogens is 462 g/mol. The molecule has 5 rings (SSSR count). The van der Waals surface area contributed by atoms with Gasteiger partial charge in [0.2, 0.25) is 0 Å². The van der Waals surface area contributed by atoms with Crippen LogP contribution in [0.15, 0.2) is 46.4 Å². The van der Waals surface area contributed by atoms with Gasteiger partial charge in [-0.2, -0.15) is 0 Å². The van der Waals surface area contributed by atoms with E-state index in [-0.39, 0.29) is 10.7 Å². The third kappa shape index (κ3) is 3.36. The third-order valence-electron chi connectivity index (χ3n) is 5.85. The second-order valence-corrected chi connectivity index (χ2v) is 9.12. The van der Waals surface area contributed by atoms with E-state index >= 15 is 0 Å². The molecule has 0 saturated carbocycles. The van der Waals surface area contributed by atoms with Crippen molar-refractivity contribution >= 4 is 62.5 Å². The number of halogens is 1. The number of amides is 2. The van der Waals surface area contributed by atoms with Crippen molar-refractivity contribution in [1.82, 2.24) is 5.32 Å². The number of nitrogens with zero attached hydrogens (tertiary/aromatic N) is 2. The molecule has 2 aromatic rings. The van der Waals surface area contributed by atoms with Gasteiger partial charge in [0.15, 0.2) is 5.11 Å². The quantitative estimate of drug-likeness (QED) is 0.400. The van der Waals surface area contributed by atoms with Crippen LogP contribution in [-0.2, 0) is 22.4 Å². The lowest BCUT2D eigenvalue weighted by Crippen LogP contribution is -2.54. The van der Waals surface area contributed by atoms with Crippen molar-refractivity contribution in [3.63, 3.8) is 0 Å². The van der Waals surface area contributed by atoms with Gasteiger partial charge < -0.3 is 4.90 Å². The van der Waals surface area contributed by atoms with Crippen LogP contribution in [0.5, 0.6) is 0 Å². The van der Waals surface area contributed by atoms with E-state index in [4.69, 9.17) is 12.2 Å². The Bertz CT molecular complexity index is 1080. The van der Waals surface area contributed by atoms with Gasteiger partial charge in [-0.15, -0.1) is 0 Å². The molecule has 0 radical (unpaired) electrons. The van der Waals surface area contributed by atoms with E-state index in [9.17, 15) is 9.59 Å². The Balaban J connectivity index is 1.54. The predicted octanol–water partition coefficient (Wildman–Crippen LogP) is 3.98. The molecule has 152 valence electrons. The van der Waals surface area contributed by atoms with Crippen LogP contribution in [0.4, 0.5) is 11.4 Å². The number of thiocarbonyl (C=S) groups is 1. The second kappa shape index (κ2) is 7.63. The summed E-state index contributed by atoms with van der Waals surface area (Å²) in [7, 11) is 0. The van der Waals surface area contributed by atoms with Crippen molar-refractivity contribution in [2.24, 2.45) is 0 Å². The normalized spacial score (nSPS) is 19.8. The van der Waals surface area contributed by atoms with Crippen LogP contribution in [0, 0.1) is 0 Å². The maximum atomic E-state index is 13.2. The molecule has 0 atom stereocenters. The summed E-state index contributed by atoms with van der Waals surface area (Å²) in [6.45, 7) is 2.22. The van der Waals surface area contributed by atoms with Gasteiger partial charge in [-0.1, -0.05) is 15.9 Å². The molecule has 3 aliphatic heterocycles. The standard InChI is InChI=1S/C23H20BrN3O2S/c24-17-5-7-18(8-6-17)27-22(29)19(21(28)25-23(27)30)13-14-11-15-3-1-9-26-10-2-4-16(12-14)20(15)26/h5-8,11-13H,1-4,9-10H2,(H,25,28,30)/b19-13+. The van der Waals surface area contributed by atoms with Crippen molar-refractivity contribution in [3.05, 3.63) is 63.1 Å². The Morgan fingerprint density at radius 2 is 1.63 bits per heavy atom. The Morgan fingerprint density at radius 3 is 2.27 bits per heavy atom. The number of benzene rings is 2. The van der Waals surface area contributed by atoms with Crippen molar-refractivity contribution in [2.75, 3.05) is 22.9 Å². The van der Waals surface area contributed by atoms with E-state index in [1.165, 1.54) is 21.7 Å². The maximum absolute atomic E-state index is 13.2. The minimum Gasteiger partial charge on any atom is -0.371 e. The van der Waals surface area contributed by atoms with Crippen LogP contribution in [0.3, 0.4) is 0 Å². The topological polar surface area (TPSA) is 52.7 Å². The maximum Gasteiger partial charge on any atom is 0.270 e. The van der Waals surface area contributed by atoms with E-state index in [0.717, 1.165) is 48.8 Å². The van der Waals surface area contributed by atoms with Crippen LogP contribution in [0.1, 0.15) is 29.5 Å². The molecule has 30 heavy (non-hydrogen) atoms. The lowest BCUT2D eigenvalue weighted by molar-refractivity contribution is -0.122. The Kier molecular flexibility index (Phi) is 4.95. The zero-order valence-electron chi connectivity index (χ0n) is 16.3. The summed E-state index contributed by atoms with van der Waals surface area (Å²) in [5, 5.41) is 2.76. The van der Waals surface area contributed by atoms with Gasteiger partial charge in [-0.05, 0) is 97.1 Å². The molecule has 1 saturated heterocycles. The van der Waals surface area contributed by atoms with Crippen molar-refractivity contribution < 1.29 is 9.59 Å². The summed E-state index contributed by atoms with van der Waals surface area (Å²) < 4.78 is 0.901. The molecular formula is C23H20BrN3O2S. The summed E-state index contributed by atoms with van der Waals surface area (Å²) >= 11 is 8.68. The van der Waals surface area contributed by atoms with E-state index in [2.05, 4.69) is 38.3 Å². The highest BCUT2D eigenvalue weighted by Gasteiger charge is 2.34. The molecule has 1 fully saturated rings. The first-order chi connectivity index (χ1) is 14.5. The molecule has 3 heterocycles. The summed E-state index contributed by atoms with van der Waals surface area (Å²) in [6, 6.07) is 11.5. The zero-order valence-corrected chi connectivity index (χ0v) is 18.7. The van der Waals surface area contributed by atoms with E-state index in [1.54, 1.807) is 18.2 Å². The predicted molar refractivity (Wildman–Crippen MR) is 126 cm³/mol. The first-order valence-electron chi connectivity index (χ1n) is 10.1. The van der Waals surface area contributed by atoms with Crippen molar-refractivity contribution in [1.29, 1.82) is 0 Å². The van der Waals surface area contributed by atoms with Gasteiger partial charge in [0.25, 0.3) is 11.8 Å². The van der Waals surface area contributed by atoms with Gasteiger partial charge in [-0.25, -0.2) is 0 Å². The average Bonchev–Trinajstić information content (AvgIpc) is 2.73. The molecule has 3 aliphatic rings. The number of anilines is 2. The number of aryl methyl sites for hydroxylation is 2. The summed E-state index contributed by atoms with van der Waals surface area (Å²) in [5.74, 6) is -0.856. The summed E-state index contributed by atoms with van der Waals surface area (Å²) in [4.78, 5) is 29.7. The van der Waals surface area contributed by atoms with Crippen molar-refractivity contribution in [3.8, 4) is 0 Å². The molecule has 1 N–H and O–H groups in total.